The van der Waals surface area contributed by atoms with Crippen molar-refractivity contribution in [1.82, 2.24) is 26.6 Å². The Balaban J connectivity index is 0.000000751. The molecular formula is C85H102ClF10N9O20S2. The number of aliphatic hydroxyl groups excluding tert-OH is 4. The number of carboxylic acid groups (broad SMARTS) is 1. The van der Waals surface area contributed by atoms with Gasteiger partial charge in [0.1, 0.15) is 56.9 Å². The van der Waals surface area contributed by atoms with Crippen molar-refractivity contribution >= 4 is 67.3 Å². The van der Waals surface area contributed by atoms with Gasteiger partial charge in [-0.1, -0.05) is 164 Å². The van der Waals surface area contributed by atoms with Crippen LogP contribution in [0.5, 0.6) is 0 Å². The van der Waals surface area contributed by atoms with Gasteiger partial charge in [0.05, 0.1) is 63.9 Å². The van der Waals surface area contributed by atoms with Gasteiger partial charge in [-0.05, 0) is 126 Å². The largest absolute Gasteiger partial charge is 0.741 e. The van der Waals surface area contributed by atoms with Gasteiger partial charge >= 0.3 is 22.9 Å². The molecule has 0 aliphatic carbocycles. The average Bonchev–Trinajstić information content (AvgIpc) is 0.873. The summed E-state index contributed by atoms with van der Waals surface area (Å²) in [5.74, 6) is -3.94. The van der Waals surface area contributed by atoms with Gasteiger partial charge in [-0.3, -0.25) is 28.8 Å². The quantitative estimate of drug-likeness (QED) is 0.00447. The molecule has 696 valence electrons. The van der Waals surface area contributed by atoms with Gasteiger partial charge in [0.25, 0.3) is 5.15 Å². The third-order valence-electron chi connectivity index (χ3n) is 15.8. The van der Waals surface area contributed by atoms with Crippen LogP contribution in [0.3, 0.4) is 0 Å². The van der Waals surface area contributed by atoms with Crippen LogP contribution in [0.15, 0.2) is 243 Å². The van der Waals surface area contributed by atoms with Crippen molar-refractivity contribution in [3.63, 3.8) is 0 Å². The summed E-state index contributed by atoms with van der Waals surface area (Å²) in [6, 6.07) is 64.7. The molecule has 0 aliphatic heterocycles. The van der Waals surface area contributed by atoms with Crippen LogP contribution in [-0.2, 0) is 96.1 Å². The number of alkyl halides is 6. The number of rotatable bonds is 34. The SMILES string of the molecule is CC[n+]1ccccc1Cl.CC[n+]1ccccc1F.NC[C@H](O)c1ccccc1.N[C@H](CO)c1ccccc1.O=C(CNC(=O)COCc1ccc(F)cc1)NC[C@H](O)c1ccccc1.O=C(COCc1ccc(F)cc1)NCCCCCC(=O)N[C@@H](CO)c1ccccc1.O=C(O)CNC(=O)COCc1ccc(F)cc1.O=S(=O)([O-])C(F)(F)F.O=S(=O)([O-])C(F)(F)F. The number of nitrogens with one attached hydrogen (secondary N) is 5. The Kier molecular flexibility index (Phi) is 57.7. The normalized spacial score (nSPS) is 11.6. The molecule has 14 N–H and O–H groups in total. The smallest absolute Gasteiger partial charge is 0.485 e. The van der Waals surface area contributed by atoms with Crippen LogP contribution in [0.1, 0.15) is 103 Å². The van der Waals surface area contributed by atoms with Gasteiger partial charge in [0.15, 0.2) is 32.6 Å². The number of nitrogens with two attached hydrogens (primary N) is 2. The number of halogens is 11. The summed E-state index contributed by atoms with van der Waals surface area (Å²) in [4.78, 5) is 68.3. The number of hydrogen-bond acceptors (Lipinski definition) is 21. The minimum Gasteiger partial charge on any atom is -0.741 e. The second kappa shape index (κ2) is 64.4. The number of pyridine rings is 2. The molecule has 0 spiro atoms. The van der Waals surface area contributed by atoms with Crippen LogP contribution >= 0.6 is 11.6 Å². The molecule has 5 amide bonds. The lowest BCUT2D eigenvalue weighted by Gasteiger charge is -2.16. The van der Waals surface area contributed by atoms with E-state index in [0.29, 0.717) is 31.5 Å². The Morgan fingerprint density at radius 2 is 0.819 bits per heavy atom. The lowest BCUT2D eigenvalue weighted by atomic mass is 10.1. The highest BCUT2D eigenvalue weighted by atomic mass is 35.5. The van der Waals surface area contributed by atoms with Crippen LogP contribution in [0.4, 0.5) is 43.9 Å². The fourth-order valence-corrected chi connectivity index (χ4v) is 9.39. The van der Waals surface area contributed by atoms with Gasteiger partial charge in [-0.25, -0.2) is 30.0 Å². The maximum atomic E-state index is 12.8. The Morgan fingerprint density at radius 3 is 1.17 bits per heavy atom. The number of hydrogen-bond donors (Lipinski definition) is 12. The van der Waals surface area contributed by atoms with E-state index >= 15 is 0 Å². The molecule has 29 nitrogen and oxygen atoms in total. The van der Waals surface area contributed by atoms with E-state index in [1.54, 1.807) is 77.5 Å². The van der Waals surface area contributed by atoms with Gasteiger partial charge in [-0.2, -0.15) is 35.5 Å². The first-order chi connectivity index (χ1) is 60.1. The van der Waals surface area contributed by atoms with Crippen molar-refractivity contribution in [2.24, 2.45) is 11.5 Å². The predicted octanol–water partition coefficient (Wildman–Crippen LogP) is 8.96. The molecule has 4 atom stereocenters. The number of carbonyl (C=O) groups is 6. The van der Waals surface area contributed by atoms with E-state index in [-0.39, 0.29) is 114 Å². The number of unbranched alkanes of at least 4 members (excludes halogenated alkanes) is 2. The zero-order valence-corrected chi connectivity index (χ0v) is 71.1. The first kappa shape index (κ1) is 114. The monoisotopic (exact) mass is 1860 g/mol. The molecule has 9 rings (SSSR count). The Hall–Kier alpha value is -11.3. The number of aromatic nitrogens is 2. The number of carboxylic acids is 1. The molecule has 0 radical (unpaired) electrons. The van der Waals surface area contributed by atoms with Gasteiger partial charge in [0, 0.05) is 50.3 Å². The minimum absolute atomic E-state index is 0.00398. The first-order valence-corrected chi connectivity index (χ1v) is 41.4. The zero-order valence-electron chi connectivity index (χ0n) is 68.7. The summed E-state index contributed by atoms with van der Waals surface area (Å²) in [5.41, 5.74) is 5.22. The molecule has 2 aromatic heterocycles. The number of aliphatic hydroxyl groups is 4. The van der Waals surface area contributed by atoms with Gasteiger partial charge < -0.3 is 86.9 Å². The van der Waals surface area contributed by atoms with E-state index in [1.165, 1.54) is 42.5 Å². The molecule has 0 fully saturated rings. The van der Waals surface area contributed by atoms with E-state index in [2.05, 4.69) is 33.5 Å². The third kappa shape index (κ3) is 55.0. The summed E-state index contributed by atoms with van der Waals surface area (Å²) >= 11 is 5.79. The number of aliphatic carboxylic acids is 1. The first-order valence-electron chi connectivity index (χ1n) is 38.2. The number of benzene rings is 7. The topological polar surface area (TPSA) is 466 Å². The number of ether oxygens (including phenoxy) is 3. The van der Waals surface area contributed by atoms with E-state index < -0.39 is 79.7 Å². The molecule has 0 unspecified atom stereocenters. The lowest BCUT2D eigenvalue weighted by molar-refractivity contribution is -0.720. The molecule has 2 heterocycles. The standard InChI is InChI=1S/C23H29FN2O4.C19H21FN2O4.C11H12FNO4.2C8H11NO.C7H9ClN.C7H9FN.2CHF3O3S/c24-20-12-10-18(11-13-20)16-30-17-23(29)25-14-6-2-5-9-22(28)26-21(15-27)19-7-3-1-4-8-19;20-16-8-6-14(7-9-16)12-26-13-19(25)22-11-18(24)21-10-17(23)15-4-2-1-3-5-15;12-9-3-1-8(2-4-9)6-17-7-10(14)13-5-11(15)16;9-8(6-10)7-4-2-1-3-5-7;9-6-8(10)7-4-2-1-3-5-7;2*1-2-9-6-4-3-5-7(9)8;2*2-1(3,4)8(5,6)7/h1,3-4,7-8,10-13,21,27H,2,5-6,9,14-17H2,(H,25,29)(H,26,28);1-9,17,23H,10-13H2,(H,21,24)(H,22,25);1-4H,5-7H2,(H,13,14)(H,15,16);2*1-5,8,10H,6,9H2;2*3-6H,2H2,1H3;2*(H,5,6,7)/q;;;;;2*+1;;/p-2/t21-;17-;;2*8-;;;;/m00.10..../s1. The summed E-state index contributed by atoms with van der Waals surface area (Å²) in [6.45, 7) is 5.75. The molecule has 0 saturated carbocycles. The fraction of sp³-hybridized carbons (Fsp3) is 0.318. The van der Waals surface area contributed by atoms with Crippen LogP contribution < -0.4 is 47.2 Å². The van der Waals surface area contributed by atoms with E-state index in [1.807, 2.05) is 139 Å². The molecule has 0 aliphatic rings. The van der Waals surface area contributed by atoms with Crippen LogP contribution in [0, 0.1) is 23.4 Å². The van der Waals surface area contributed by atoms with Crippen molar-refractivity contribution in [2.45, 2.75) is 108 Å². The highest BCUT2D eigenvalue weighted by molar-refractivity contribution is 7.86. The molecule has 0 saturated heterocycles. The maximum absolute atomic E-state index is 12.8. The summed E-state index contributed by atoms with van der Waals surface area (Å²) in [5, 5.41) is 59.1. The van der Waals surface area contributed by atoms with E-state index in [4.69, 9.17) is 73.4 Å². The molecule has 0 bridgehead atoms. The van der Waals surface area contributed by atoms with Crippen LogP contribution in [0.25, 0.3) is 0 Å². The van der Waals surface area contributed by atoms with Crippen molar-refractivity contribution < 1.29 is 147 Å². The molecule has 42 heteroatoms. The number of amides is 5. The van der Waals surface area contributed by atoms with E-state index in [0.717, 1.165) is 57.9 Å². The highest BCUT2D eigenvalue weighted by Gasteiger charge is 2.37. The van der Waals surface area contributed by atoms with Crippen LogP contribution in [0.2, 0.25) is 5.15 Å². The second-order valence-corrected chi connectivity index (χ2v) is 28.8. The third-order valence-corrected chi connectivity index (χ3v) is 17.3. The Labute approximate surface area is 733 Å². The Morgan fingerprint density at radius 1 is 0.457 bits per heavy atom. The second-order valence-electron chi connectivity index (χ2n) is 25.7. The highest BCUT2D eigenvalue weighted by Crippen LogP contribution is 2.22. The van der Waals surface area contributed by atoms with Crippen molar-refractivity contribution in [3.8, 4) is 0 Å². The predicted molar refractivity (Wildman–Crippen MR) is 444 cm³/mol. The molecule has 9 aromatic rings. The van der Waals surface area contributed by atoms with Crippen LogP contribution in [-0.4, -0.2) is 164 Å². The number of aryl methyl sites for hydroxylation is 2. The molecular weight excluding hydrogens is 1760 g/mol. The van der Waals surface area contributed by atoms with Crippen molar-refractivity contribution in [3.05, 3.63) is 310 Å². The van der Waals surface area contributed by atoms with E-state index in [9.17, 15) is 88.0 Å². The fourth-order valence-electron chi connectivity index (χ4n) is 9.14. The number of carbonyl (C=O) groups excluding carboxylic acids is 5. The van der Waals surface area contributed by atoms with Gasteiger partial charge in [0.2, 0.25) is 29.5 Å². The summed E-state index contributed by atoms with van der Waals surface area (Å²) < 4.78 is 188. The van der Waals surface area contributed by atoms with Gasteiger partial charge in [-0.15, -0.1) is 4.39 Å². The average molecular weight is 1860 g/mol. The lowest BCUT2D eigenvalue weighted by Crippen LogP contribution is -2.39. The van der Waals surface area contributed by atoms with Crippen molar-refractivity contribution in [1.29, 1.82) is 0 Å². The molecule has 127 heavy (non-hydrogen) atoms. The molecule has 7 aromatic carbocycles. The minimum atomic E-state index is -6.09. The maximum Gasteiger partial charge on any atom is 0.485 e. The summed E-state index contributed by atoms with van der Waals surface area (Å²) in [7, 11) is -12.2. The summed E-state index contributed by atoms with van der Waals surface area (Å²) in [6.07, 6.45) is 5.00. The van der Waals surface area contributed by atoms with Crippen molar-refractivity contribution in [2.75, 3.05) is 65.8 Å². The number of nitrogens with zero attached hydrogens (tertiary/aromatic N) is 2. The Bertz CT molecular complexity index is 4670. The zero-order chi connectivity index (χ0) is 95.2.